The fourth-order valence-corrected chi connectivity index (χ4v) is 3.26. The minimum atomic E-state index is -0.389. The number of carbonyl (C=O) groups is 1. The van der Waals surface area contributed by atoms with E-state index in [1.54, 1.807) is 22.8 Å². The van der Waals surface area contributed by atoms with Gasteiger partial charge in [-0.25, -0.2) is 4.39 Å². The van der Waals surface area contributed by atoms with Crippen LogP contribution in [0.25, 0.3) is 17.1 Å². The highest BCUT2D eigenvalue weighted by Crippen LogP contribution is 2.29. The smallest absolute Gasteiger partial charge is 0.230 e. The molecule has 140 valence electrons. The van der Waals surface area contributed by atoms with Crippen molar-refractivity contribution < 1.29 is 14.3 Å². The Balaban J connectivity index is 1.89. The third-order valence-electron chi connectivity index (χ3n) is 3.75. The van der Waals surface area contributed by atoms with Crippen molar-refractivity contribution in [2.24, 2.45) is 0 Å². The van der Waals surface area contributed by atoms with E-state index in [4.69, 9.17) is 5.11 Å². The highest BCUT2D eigenvalue weighted by Gasteiger charge is 2.19. The topological polar surface area (TPSA) is 80.0 Å². The van der Waals surface area contributed by atoms with Crippen molar-refractivity contribution in [3.8, 4) is 17.1 Å². The molecule has 2 N–H and O–H groups in total. The Bertz CT molecular complexity index is 902. The lowest BCUT2D eigenvalue weighted by molar-refractivity contribution is -0.118. The number of aliphatic hydroxyl groups excluding tert-OH is 1. The summed E-state index contributed by atoms with van der Waals surface area (Å²) in [6.07, 6.45) is 0.508. The maximum absolute atomic E-state index is 14.3. The van der Waals surface area contributed by atoms with Crippen LogP contribution in [0.5, 0.6) is 0 Å². The number of benzene rings is 2. The van der Waals surface area contributed by atoms with Gasteiger partial charge in [0.2, 0.25) is 5.91 Å². The fraction of sp³-hybridized carbons (Fsp3) is 0.211. The molecule has 0 saturated carbocycles. The number of halogens is 1. The molecule has 0 saturated heterocycles. The predicted octanol–water partition coefficient (Wildman–Crippen LogP) is 2.66. The molecule has 0 radical (unpaired) electrons. The lowest BCUT2D eigenvalue weighted by Gasteiger charge is -2.10. The van der Waals surface area contributed by atoms with E-state index < -0.39 is 0 Å². The van der Waals surface area contributed by atoms with Gasteiger partial charge in [0.15, 0.2) is 11.0 Å². The number of hydrogen-bond donors (Lipinski definition) is 2. The summed E-state index contributed by atoms with van der Waals surface area (Å²) in [7, 11) is 0. The Kier molecular flexibility index (Phi) is 6.56. The third-order valence-corrected chi connectivity index (χ3v) is 4.68. The van der Waals surface area contributed by atoms with E-state index >= 15 is 0 Å². The molecule has 27 heavy (non-hydrogen) atoms. The van der Waals surface area contributed by atoms with E-state index in [0.29, 0.717) is 29.5 Å². The van der Waals surface area contributed by atoms with E-state index in [1.807, 2.05) is 30.3 Å². The molecule has 0 aliphatic rings. The summed E-state index contributed by atoms with van der Waals surface area (Å²) in [6, 6.07) is 15.8. The zero-order valence-corrected chi connectivity index (χ0v) is 15.3. The molecule has 0 unspecified atom stereocenters. The van der Waals surface area contributed by atoms with Crippen LogP contribution in [0.1, 0.15) is 6.42 Å². The van der Waals surface area contributed by atoms with E-state index in [1.165, 1.54) is 17.8 Å². The number of nitrogens with zero attached hydrogens (tertiary/aromatic N) is 3. The lowest BCUT2D eigenvalue weighted by atomic mass is 10.2. The molecule has 0 fully saturated rings. The van der Waals surface area contributed by atoms with Gasteiger partial charge in [-0.1, -0.05) is 42.1 Å². The molecule has 3 aromatic rings. The number of nitrogens with one attached hydrogen (secondary N) is 1. The van der Waals surface area contributed by atoms with Crippen LogP contribution in [0.3, 0.4) is 0 Å². The maximum atomic E-state index is 14.3. The molecule has 0 bridgehead atoms. The molecule has 8 heteroatoms. The van der Waals surface area contributed by atoms with Gasteiger partial charge in [-0.05, 0) is 30.7 Å². The molecule has 1 heterocycles. The Hall–Kier alpha value is -2.71. The average molecular weight is 386 g/mol. The molecule has 0 spiro atoms. The first-order chi connectivity index (χ1) is 13.2. The van der Waals surface area contributed by atoms with Crippen molar-refractivity contribution >= 4 is 17.7 Å². The van der Waals surface area contributed by atoms with Crippen LogP contribution in [0, 0.1) is 5.82 Å². The zero-order chi connectivity index (χ0) is 19.1. The molecule has 0 atom stereocenters. The largest absolute Gasteiger partial charge is 0.396 e. The van der Waals surface area contributed by atoms with Crippen molar-refractivity contribution in [2.45, 2.75) is 11.6 Å². The summed E-state index contributed by atoms with van der Waals surface area (Å²) in [6.45, 7) is 0.448. The van der Waals surface area contributed by atoms with Crippen LogP contribution in [0.15, 0.2) is 59.8 Å². The third kappa shape index (κ3) is 4.72. The van der Waals surface area contributed by atoms with Gasteiger partial charge >= 0.3 is 0 Å². The van der Waals surface area contributed by atoms with Crippen LogP contribution < -0.4 is 5.32 Å². The number of amides is 1. The van der Waals surface area contributed by atoms with Gasteiger partial charge in [-0.3, -0.25) is 9.36 Å². The van der Waals surface area contributed by atoms with Crippen LogP contribution >= 0.6 is 11.8 Å². The second-order valence-electron chi connectivity index (χ2n) is 5.67. The lowest BCUT2D eigenvalue weighted by Crippen LogP contribution is -2.26. The van der Waals surface area contributed by atoms with Crippen molar-refractivity contribution in [3.05, 3.63) is 60.4 Å². The maximum Gasteiger partial charge on any atom is 0.230 e. The number of carbonyl (C=O) groups excluding carboxylic acids is 1. The first-order valence-electron chi connectivity index (χ1n) is 8.47. The average Bonchev–Trinajstić information content (AvgIpc) is 3.11. The zero-order valence-electron chi connectivity index (χ0n) is 14.5. The molecule has 2 aromatic carbocycles. The molecule has 3 rings (SSSR count). The number of para-hydroxylation sites is 1. The van der Waals surface area contributed by atoms with Gasteiger partial charge in [-0.15, -0.1) is 10.2 Å². The van der Waals surface area contributed by atoms with Gasteiger partial charge in [0.05, 0.1) is 11.3 Å². The molecular weight excluding hydrogens is 367 g/mol. The van der Waals surface area contributed by atoms with Gasteiger partial charge < -0.3 is 10.4 Å². The number of hydrogen-bond acceptors (Lipinski definition) is 5. The monoisotopic (exact) mass is 386 g/mol. The van der Waals surface area contributed by atoms with Crippen molar-refractivity contribution in [3.63, 3.8) is 0 Å². The fourth-order valence-electron chi connectivity index (χ4n) is 2.48. The quantitative estimate of drug-likeness (QED) is 0.460. The minimum absolute atomic E-state index is 0.0295. The van der Waals surface area contributed by atoms with E-state index in [9.17, 15) is 9.18 Å². The second-order valence-corrected chi connectivity index (χ2v) is 6.62. The van der Waals surface area contributed by atoms with Crippen LogP contribution in [-0.4, -0.2) is 44.7 Å². The number of thioether (sulfide) groups is 1. The summed E-state index contributed by atoms with van der Waals surface area (Å²) in [5.41, 5.74) is 1.12. The van der Waals surface area contributed by atoms with E-state index in [-0.39, 0.29) is 24.1 Å². The van der Waals surface area contributed by atoms with Crippen molar-refractivity contribution in [2.75, 3.05) is 18.9 Å². The van der Waals surface area contributed by atoms with Gasteiger partial charge in [0, 0.05) is 18.8 Å². The first-order valence-corrected chi connectivity index (χ1v) is 9.45. The predicted molar refractivity (Wildman–Crippen MR) is 102 cm³/mol. The summed E-state index contributed by atoms with van der Waals surface area (Å²) in [5.74, 6) is -0.0282. The number of aliphatic hydroxyl groups is 1. The highest BCUT2D eigenvalue weighted by atomic mass is 32.2. The molecular formula is C19H19FN4O2S. The SMILES string of the molecule is O=C(CSc1nnc(-c2ccccc2F)n1-c1ccccc1)NCCCO. The standard InChI is InChI=1S/C19H19FN4O2S/c20-16-10-5-4-9-15(16)18-22-23-19(24(18)14-7-2-1-3-8-14)27-13-17(26)21-11-6-12-25/h1-5,7-10,25H,6,11-13H2,(H,21,26). The minimum Gasteiger partial charge on any atom is -0.396 e. The summed E-state index contributed by atoms with van der Waals surface area (Å²) in [5, 5.41) is 20.3. The van der Waals surface area contributed by atoms with Gasteiger partial charge in [0.25, 0.3) is 0 Å². The van der Waals surface area contributed by atoms with Crippen LogP contribution in [-0.2, 0) is 4.79 Å². The summed E-state index contributed by atoms with van der Waals surface area (Å²) >= 11 is 1.22. The van der Waals surface area contributed by atoms with Crippen LogP contribution in [0.4, 0.5) is 4.39 Å². The number of rotatable bonds is 8. The normalized spacial score (nSPS) is 10.7. The van der Waals surface area contributed by atoms with Gasteiger partial charge in [0.1, 0.15) is 5.82 Å². The van der Waals surface area contributed by atoms with E-state index in [2.05, 4.69) is 15.5 Å². The summed E-state index contributed by atoms with van der Waals surface area (Å²) < 4.78 is 16.0. The Morgan fingerprint density at radius 2 is 1.85 bits per heavy atom. The van der Waals surface area contributed by atoms with E-state index in [0.717, 1.165) is 5.69 Å². The van der Waals surface area contributed by atoms with Crippen molar-refractivity contribution in [1.29, 1.82) is 0 Å². The molecule has 1 amide bonds. The molecule has 6 nitrogen and oxygen atoms in total. The Labute approximate surface area is 160 Å². The second kappa shape index (κ2) is 9.29. The first kappa shape index (κ1) is 19.1. The number of aromatic nitrogens is 3. The molecule has 0 aliphatic heterocycles. The Morgan fingerprint density at radius 1 is 1.11 bits per heavy atom. The van der Waals surface area contributed by atoms with Crippen LogP contribution in [0.2, 0.25) is 0 Å². The molecule has 0 aliphatic carbocycles. The summed E-state index contributed by atoms with van der Waals surface area (Å²) in [4.78, 5) is 11.9. The van der Waals surface area contributed by atoms with Gasteiger partial charge in [-0.2, -0.15) is 0 Å². The highest BCUT2D eigenvalue weighted by molar-refractivity contribution is 7.99. The Morgan fingerprint density at radius 3 is 2.59 bits per heavy atom. The van der Waals surface area contributed by atoms with Crippen molar-refractivity contribution in [1.82, 2.24) is 20.1 Å². The molecule has 1 aromatic heterocycles.